The minimum absolute atomic E-state index is 0.474. The van der Waals surface area contributed by atoms with E-state index in [1.54, 1.807) is 25.4 Å². The van der Waals surface area contributed by atoms with Crippen LogP contribution in [0.1, 0.15) is 18.0 Å². The maximum Gasteiger partial charge on any atom is 0.411 e. The first-order chi connectivity index (χ1) is 11.0. The van der Waals surface area contributed by atoms with E-state index in [9.17, 15) is 13.2 Å². The number of nitriles is 1. The Kier molecular flexibility index (Phi) is 4.95. The highest BCUT2D eigenvalue weighted by molar-refractivity contribution is 6.09. The standard InChI is InChI=1S/C14H13F3N6/c1-19-9-21-13-11(3-5-20-13)6-10-7-22-23(8-10)12(2-4-18)14(15,16)17/h3,5-9,12H,2H2,1H3,(H,19,20,21)/b11-6+. The largest absolute Gasteiger partial charge is 0.411 e. The van der Waals surface area contributed by atoms with Gasteiger partial charge in [0.1, 0.15) is 12.2 Å². The van der Waals surface area contributed by atoms with Crippen LogP contribution in [-0.2, 0) is 0 Å². The summed E-state index contributed by atoms with van der Waals surface area (Å²) in [6.45, 7) is 0. The number of nitrogens with zero attached hydrogens (tertiary/aromatic N) is 5. The first-order valence-corrected chi connectivity index (χ1v) is 6.57. The molecule has 9 heteroatoms. The molecule has 2 heterocycles. The fourth-order valence-electron chi connectivity index (χ4n) is 1.94. The van der Waals surface area contributed by atoms with Gasteiger partial charge in [0, 0.05) is 30.6 Å². The molecule has 6 nitrogen and oxygen atoms in total. The lowest BCUT2D eigenvalue weighted by Crippen LogP contribution is -2.26. The number of aliphatic imine (C=N–C) groups is 2. The molecular formula is C14H13F3N6. The van der Waals surface area contributed by atoms with Gasteiger partial charge in [-0.05, 0) is 12.2 Å². The van der Waals surface area contributed by atoms with Gasteiger partial charge in [-0.1, -0.05) is 0 Å². The predicted molar refractivity (Wildman–Crippen MR) is 79.7 cm³/mol. The third kappa shape index (κ3) is 4.06. The van der Waals surface area contributed by atoms with Crippen molar-refractivity contribution in [2.75, 3.05) is 7.05 Å². The van der Waals surface area contributed by atoms with Crippen molar-refractivity contribution in [3.8, 4) is 6.07 Å². The molecule has 1 aliphatic rings. The molecule has 0 fully saturated rings. The number of aromatic nitrogens is 2. The molecule has 23 heavy (non-hydrogen) atoms. The van der Waals surface area contributed by atoms with Crippen LogP contribution in [0.4, 0.5) is 13.2 Å². The first kappa shape index (κ1) is 16.5. The molecule has 0 aliphatic carbocycles. The SMILES string of the molecule is C\N=C/N=C1/NC=C/C1=C\c1cnn(C(CC#N)C(F)(F)F)c1. The highest BCUT2D eigenvalue weighted by atomic mass is 19.4. The summed E-state index contributed by atoms with van der Waals surface area (Å²) in [5.41, 5.74) is 1.16. The van der Waals surface area contributed by atoms with Crippen LogP contribution in [0.15, 0.2) is 40.2 Å². The van der Waals surface area contributed by atoms with Crippen LogP contribution in [0.3, 0.4) is 0 Å². The van der Waals surface area contributed by atoms with Gasteiger partial charge in [0.2, 0.25) is 0 Å². The van der Waals surface area contributed by atoms with Crippen molar-refractivity contribution in [3.05, 3.63) is 35.8 Å². The smallest absolute Gasteiger partial charge is 0.346 e. The zero-order valence-corrected chi connectivity index (χ0v) is 12.1. The Morgan fingerprint density at radius 2 is 2.30 bits per heavy atom. The lowest BCUT2D eigenvalue weighted by atomic mass is 10.2. The Bertz CT molecular complexity index is 718. The Balaban J connectivity index is 2.27. The van der Waals surface area contributed by atoms with E-state index < -0.39 is 18.6 Å². The third-order valence-electron chi connectivity index (χ3n) is 2.98. The second kappa shape index (κ2) is 6.91. The molecule has 0 bridgehead atoms. The van der Waals surface area contributed by atoms with Gasteiger partial charge >= 0.3 is 6.18 Å². The molecule has 0 saturated heterocycles. The van der Waals surface area contributed by atoms with Crippen LogP contribution < -0.4 is 5.32 Å². The molecule has 0 aromatic carbocycles. The molecule has 0 saturated carbocycles. The summed E-state index contributed by atoms with van der Waals surface area (Å²) in [5, 5.41) is 15.2. The van der Waals surface area contributed by atoms with Crippen LogP contribution in [0.5, 0.6) is 0 Å². The molecule has 0 amide bonds. The Labute approximate surface area is 130 Å². The van der Waals surface area contributed by atoms with Crippen molar-refractivity contribution in [3.63, 3.8) is 0 Å². The molecule has 0 radical (unpaired) electrons. The highest BCUT2D eigenvalue weighted by Crippen LogP contribution is 2.32. The van der Waals surface area contributed by atoms with Crippen LogP contribution in [0, 0.1) is 11.3 Å². The van der Waals surface area contributed by atoms with E-state index in [0.717, 1.165) is 4.68 Å². The average molecular weight is 322 g/mol. The van der Waals surface area contributed by atoms with Crippen LogP contribution >= 0.6 is 0 Å². The normalized spacial score (nSPS) is 19.4. The minimum Gasteiger partial charge on any atom is -0.346 e. The molecule has 120 valence electrons. The van der Waals surface area contributed by atoms with E-state index in [4.69, 9.17) is 5.26 Å². The molecule has 1 aliphatic heterocycles. The number of hydrogen-bond donors (Lipinski definition) is 1. The fourth-order valence-corrected chi connectivity index (χ4v) is 1.94. The lowest BCUT2D eigenvalue weighted by molar-refractivity contribution is -0.169. The molecule has 1 aromatic rings. The zero-order chi connectivity index (χ0) is 16.9. The van der Waals surface area contributed by atoms with Gasteiger partial charge in [0.15, 0.2) is 6.04 Å². The first-order valence-electron chi connectivity index (χ1n) is 6.57. The summed E-state index contributed by atoms with van der Waals surface area (Å²) in [6.07, 6.45) is 3.72. The van der Waals surface area contributed by atoms with Crippen molar-refractivity contribution in [1.29, 1.82) is 5.26 Å². The summed E-state index contributed by atoms with van der Waals surface area (Å²) in [4.78, 5) is 7.80. The zero-order valence-electron chi connectivity index (χ0n) is 12.1. The Hall–Kier alpha value is -2.89. The van der Waals surface area contributed by atoms with Crippen LogP contribution in [0.2, 0.25) is 0 Å². The lowest BCUT2D eigenvalue weighted by Gasteiger charge is -2.17. The topological polar surface area (TPSA) is 78.4 Å². The maximum atomic E-state index is 12.9. The van der Waals surface area contributed by atoms with Gasteiger partial charge in [-0.25, -0.2) is 4.99 Å². The van der Waals surface area contributed by atoms with Crippen LogP contribution in [0.25, 0.3) is 6.08 Å². The fraction of sp³-hybridized carbons (Fsp3) is 0.286. The van der Waals surface area contributed by atoms with Crippen molar-refractivity contribution >= 4 is 18.3 Å². The van der Waals surface area contributed by atoms with Gasteiger partial charge in [-0.2, -0.15) is 23.5 Å². The summed E-state index contributed by atoms with van der Waals surface area (Å²) in [7, 11) is 1.58. The number of alkyl halides is 3. The molecule has 0 spiro atoms. The quantitative estimate of drug-likeness (QED) is 0.683. The Morgan fingerprint density at radius 3 is 2.96 bits per heavy atom. The van der Waals surface area contributed by atoms with Crippen molar-refractivity contribution < 1.29 is 13.2 Å². The average Bonchev–Trinajstić information content (AvgIpc) is 3.11. The number of halogens is 3. The number of hydrogen-bond acceptors (Lipinski definition) is 3. The number of amidine groups is 1. The highest BCUT2D eigenvalue weighted by Gasteiger charge is 2.41. The summed E-state index contributed by atoms with van der Waals surface area (Å²) in [6, 6.07) is -0.427. The summed E-state index contributed by atoms with van der Waals surface area (Å²) < 4.78 is 39.5. The Morgan fingerprint density at radius 1 is 1.52 bits per heavy atom. The van der Waals surface area contributed by atoms with E-state index in [1.165, 1.54) is 24.8 Å². The van der Waals surface area contributed by atoms with Crippen LogP contribution in [-0.4, -0.2) is 35.2 Å². The third-order valence-corrected chi connectivity index (χ3v) is 2.98. The minimum atomic E-state index is -4.54. The molecule has 1 aromatic heterocycles. The molecule has 1 atom stereocenters. The van der Waals surface area contributed by atoms with Gasteiger partial charge in [0.05, 0.1) is 18.7 Å². The van der Waals surface area contributed by atoms with Crippen molar-refractivity contribution in [2.24, 2.45) is 9.98 Å². The summed E-state index contributed by atoms with van der Waals surface area (Å²) >= 11 is 0. The predicted octanol–water partition coefficient (Wildman–Crippen LogP) is 2.46. The molecule has 1 N–H and O–H groups in total. The number of rotatable bonds is 4. The molecule has 1 unspecified atom stereocenters. The maximum absolute atomic E-state index is 12.9. The van der Waals surface area contributed by atoms with E-state index in [0.29, 0.717) is 17.0 Å². The second-order valence-corrected chi connectivity index (χ2v) is 4.60. The van der Waals surface area contributed by atoms with Gasteiger partial charge in [-0.15, -0.1) is 0 Å². The summed E-state index contributed by atoms with van der Waals surface area (Å²) in [5.74, 6) is 0.535. The van der Waals surface area contributed by atoms with E-state index in [1.807, 2.05) is 0 Å². The monoisotopic (exact) mass is 322 g/mol. The van der Waals surface area contributed by atoms with Gasteiger partial charge in [-0.3, -0.25) is 9.67 Å². The van der Waals surface area contributed by atoms with Crippen molar-refractivity contribution in [2.45, 2.75) is 18.6 Å². The van der Waals surface area contributed by atoms with Gasteiger partial charge < -0.3 is 5.32 Å². The van der Waals surface area contributed by atoms with E-state index in [2.05, 4.69) is 20.4 Å². The van der Waals surface area contributed by atoms with Crippen molar-refractivity contribution in [1.82, 2.24) is 15.1 Å². The van der Waals surface area contributed by atoms with E-state index >= 15 is 0 Å². The molecular weight excluding hydrogens is 309 g/mol. The second-order valence-electron chi connectivity index (χ2n) is 4.60. The van der Waals surface area contributed by atoms with E-state index in [-0.39, 0.29) is 0 Å². The molecule has 2 rings (SSSR count). The number of nitrogens with one attached hydrogen (secondary N) is 1. The van der Waals surface area contributed by atoms with Gasteiger partial charge in [0.25, 0.3) is 0 Å².